The molecule has 84 valence electrons. The van der Waals surface area contributed by atoms with Crippen LogP contribution in [-0.2, 0) is 9.53 Å². The number of ether oxygens (including phenoxy) is 1. The molecule has 0 N–H and O–H groups in total. The van der Waals surface area contributed by atoms with Crippen LogP contribution >= 0.6 is 50.7 Å². The summed E-state index contributed by atoms with van der Waals surface area (Å²) in [6.07, 6.45) is 0. The van der Waals surface area contributed by atoms with Crippen LogP contribution in [0.15, 0.2) is 0 Å². The first-order chi connectivity index (χ1) is 6.18. The molecule has 0 saturated carbocycles. The van der Waals surface area contributed by atoms with Crippen molar-refractivity contribution in [2.24, 2.45) is 5.92 Å². The lowest BCUT2D eigenvalue weighted by Gasteiger charge is -2.25. The average molecular weight is 326 g/mol. The van der Waals surface area contributed by atoms with Crippen molar-refractivity contribution in [1.82, 2.24) is 0 Å². The van der Waals surface area contributed by atoms with Crippen molar-refractivity contribution in [3.05, 3.63) is 0 Å². The molecule has 0 heterocycles. The molecule has 0 rings (SSSR count). The minimum absolute atomic E-state index is 0.110. The van der Waals surface area contributed by atoms with Gasteiger partial charge in [-0.3, -0.25) is 4.79 Å². The Morgan fingerprint density at radius 3 is 2.14 bits per heavy atom. The van der Waals surface area contributed by atoms with Crippen molar-refractivity contribution in [2.45, 2.75) is 35.5 Å². The molecule has 0 aromatic rings. The van der Waals surface area contributed by atoms with Gasteiger partial charge in [-0.2, -0.15) is 0 Å². The number of carbonyl (C=O) groups excluding carboxylic acids is 1. The van der Waals surface area contributed by atoms with Crippen molar-refractivity contribution in [3.63, 3.8) is 0 Å². The number of hydrogen-bond donors (Lipinski definition) is 0. The number of halogens is 4. The quantitative estimate of drug-likeness (QED) is 0.581. The summed E-state index contributed by atoms with van der Waals surface area (Å²) in [6.45, 7) is 5.20. The molecule has 0 aromatic carbocycles. The summed E-state index contributed by atoms with van der Waals surface area (Å²) >= 11 is 20.1. The summed E-state index contributed by atoms with van der Waals surface area (Å²) in [5.74, 6) is -0.358. The highest BCUT2D eigenvalue weighted by Gasteiger charge is 2.35. The molecule has 0 aliphatic carbocycles. The largest absolute Gasteiger partial charge is 0.440 e. The maximum absolute atomic E-state index is 11.4. The fraction of sp³-hybridized carbons (Fsp3) is 0.875. The van der Waals surface area contributed by atoms with E-state index in [1.54, 1.807) is 0 Å². The maximum Gasteiger partial charge on any atom is 0.321 e. The van der Waals surface area contributed by atoms with Gasteiger partial charge in [-0.25, -0.2) is 0 Å². The topological polar surface area (TPSA) is 26.3 Å². The van der Waals surface area contributed by atoms with Crippen molar-refractivity contribution < 1.29 is 9.53 Å². The van der Waals surface area contributed by atoms with E-state index in [1.807, 2.05) is 13.8 Å². The third kappa shape index (κ3) is 4.56. The van der Waals surface area contributed by atoms with Crippen LogP contribution in [0.2, 0.25) is 0 Å². The Hall–Kier alpha value is 0.820. The molecule has 2 nitrogen and oxygen atoms in total. The number of rotatable bonds is 4. The molecule has 6 heteroatoms. The lowest BCUT2D eigenvalue weighted by molar-refractivity contribution is -0.150. The van der Waals surface area contributed by atoms with Gasteiger partial charge in [-0.1, -0.05) is 64.6 Å². The van der Waals surface area contributed by atoms with Gasteiger partial charge in [0.25, 0.3) is 0 Å². The number of alkyl halides is 4. The first kappa shape index (κ1) is 14.8. The molecule has 14 heavy (non-hydrogen) atoms. The summed E-state index contributed by atoms with van der Waals surface area (Å²) in [5.41, 5.74) is 0. The Labute approximate surface area is 107 Å². The Kier molecular flexibility index (Phi) is 6.12. The maximum atomic E-state index is 11.4. The van der Waals surface area contributed by atoms with Crippen LogP contribution in [0.25, 0.3) is 0 Å². The lowest BCUT2D eigenvalue weighted by Crippen LogP contribution is -2.36. The molecular formula is C8H12BrCl3O2. The standard InChI is InChI=1S/C8H12BrCl3O2/c1-4(2)5(9)6(13)14-8(3,12)7(10)11/h4-5,7H,1-3H3. The van der Waals surface area contributed by atoms with Gasteiger partial charge in [0.15, 0.2) is 4.84 Å². The molecule has 0 bridgehead atoms. The normalized spacial score (nSPS) is 18.1. The van der Waals surface area contributed by atoms with E-state index >= 15 is 0 Å². The molecule has 0 radical (unpaired) electrons. The molecule has 0 fully saturated rings. The molecule has 0 aliphatic heterocycles. The molecule has 0 aromatic heterocycles. The van der Waals surface area contributed by atoms with E-state index in [9.17, 15) is 4.79 Å². The van der Waals surface area contributed by atoms with E-state index in [0.29, 0.717) is 0 Å². The molecular weight excluding hydrogens is 314 g/mol. The van der Waals surface area contributed by atoms with E-state index in [4.69, 9.17) is 39.5 Å². The highest BCUT2D eigenvalue weighted by Crippen LogP contribution is 2.30. The summed E-state index contributed by atoms with van der Waals surface area (Å²) in [5, 5.41) is -1.39. The van der Waals surface area contributed by atoms with Gasteiger partial charge in [0.05, 0.1) is 0 Å². The van der Waals surface area contributed by atoms with Crippen molar-refractivity contribution in [2.75, 3.05) is 0 Å². The van der Waals surface area contributed by atoms with Crippen LogP contribution in [0.3, 0.4) is 0 Å². The van der Waals surface area contributed by atoms with Crippen LogP contribution in [0.4, 0.5) is 0 Å². The van der Waals surface area contributed by atoms with Gasteiger partial charge in [0.2, 0.25) is 5.06 Å². The van der Waals surface area contributed by atoms with Gasteiger partial charge in [-0.15, -0.1) is 0 Å². The number of esters is 1. The Morgan fingerprint density at radius 2 is 1.86 bits per heavy atom. The highest BCUT2D eigenvalue weighted by atomic mass is 79.9. The monoisotopic (exact) mass is 324 g/mol. The summed E-state index contributed by atoms with van der Waals surface area (Å²) in [7, 11) is 0. The second kappa shape index (κ2) is 5.78. The Morgan fingerprint density at radius 1 is 1.43 bits per heavy atom. The second-order valence-electron chi connectivity index (χ2n) is 3.35. The van der Waals surface area contributed by atoms with Gasteiger partial charge in [-0.05, 0) is 12.8 Å². The van der Waals surface area contributed by atoms with Crippen LogP contribution in [0, 0.1) is 5.92 Å². The van der Waals surface area contributed by atoms with E-state index in [0.717, 1.165) is 0 Å². The van der Waals surface area contributed by atoms with Crippen molar-refractivity contribution in [1.29, 1.82) is 0 Å². The SMILES string of the molecule is CC(C)C(Br)C(=O)OC(C)(Cl)C(Cl)Cl. The molecule has 0 amide bonds. The number of hydrogen-bond acceptors (Lipinski definition) is 2. The summed E-state index contributed by atoms with van der Waals surface area (Å²) in [4.78, 5) is 10.1. The Bertz CT molecular complexity index is 207. The van der Waals surface area contributed by atoms with Crippen molar-refractivity contribution in [3.8, 4) is 0 Å². The van der Waals surface area contributed by atoms with E-state index in [1.165, 1.54) is 6.92 Å². The fourth-order valence-corrected chi connectivity index (χ4v) is 0.828. The summed E-state index contributed by atoms with van der Waals surface area (Å²) in [6, 6.07) is 0. The highest BCUT2D eigenvalue weighted by molar-refractivity contribution is 9.10. The zero-order valence-electron chi connectivity index (χ0n) is 8.06. The third-order valence-corrected chi connectivity index (χ3v) is 4.28. The fourth-order valence-electron chi connectivity index (χ4n) is 0.570. The molecule has 2 unspecified atom stereocenters. The minimum atomic E-state index is -1.39. The second-order valence-corrected chi connectivity index (χ2v) is 6.19. The smallest absolute Gasteiger partial charge is 0.321 e. The minimum Gasteiger partial charge on any atom is -0.440 e. The average Bonchev–Trinajstić information content (AvgIpc) is 2.01. The zero-order valence-corrected chi connectivity index (χ0v) is 11.9. The van der Waals surface area contributed by atoms with Gasteiger partial charge >= 0.3 is 5.97 Å². The molecule has 0 saturated heterocycles. The zero-order chi connectivity index (χ0) is 11.5. The predicted octanol–water partition coefficient (Wildman–Crippen LogP) is 3.71. The van der Waals surface area contributed by atoms with Crippen molar-refractivity contribution >= 4 is 56.7 Å². The van der Waals surface area contributed by atoms with Crippen LogP contribution in [-0.4, -0.2) is 20.7 Å². The van der Waals surface area contributed by atoms with Gasteiger partial charge in [0, 0.05) is 0 Å². The lowest BCUT2D eigenvalue weighted by atomic mass is 10.1. The van der Waals surface area contributed by atoms with Gasteiger partial charge in [0.1, 0.15) is 4.83 Å². The van der Waals surface area contributed by atoms with Gasteiger partial charge < -0.3 is 4.74 Å². The first-order valence-electron chi connectivity index (χ1n) is 4.02. The summed E-state index contributed by atoms with van der Waals surface area (Å²) < 4.78 is 4.94. The van der Waals surface area contributed by atoms with Crippen LogP contribution in [0.1, 0.15) is 20.8 Å². The molecule has 0 spiro atoms. The van der Waals surface area contributed by atoms with E-state index in [2.05, 4.69) is 15.9 Å². The van der Waals surface area contributed by atoms with Crippen LogP contribution < -0.4 is 0 Å². The first-order valence-corrected chi connectivity index (χ1v) is 6.19. The van der Waals surface area contributed by atoms with E-state index in [-0.39, 0.29) is 5.92 Å². The number of carbonyl (C=O) groups is 1. The van der Waals surface area contributed by atoms with Crippen LogP contribution in [0.5, 0.6) is 0 Å². The third-order valence-electron chi connectivity index (χ3n) is 1.50. The van der Waals surface area contributed by atoms with E-state index < -0.39 is 20.7 Å². The molecule has 0 aliphatic rings. The molecule has 2 atom stereocenters. The Balaban J connectivity index is 4.32. The predicted molar refractivity (Wildman–Crippen MR) is 63.4 cm³/mol.